The number of rotatable bonds is 5. The number of hydrogen-bond donors (Lipinski definition) is 0. The number of nitrogens with zero attached hydrogens (tertiary/aromatic N) is 3. The maximum Gasteiger partial charge on any atom is 0.267 e. The van der Waals surface area contributed by atoms with Gasteiger partial charge in [0.05, 0.1) is 33.1 Å². The minimum Gasteiger partial charge on any atom is -0.497 e. The van der Waals surface area contributed by atoms with E-state index in [1.807, 2.05) is 0 Å². The minimum absolute atomic E-state index is 0.106. The van der Waals surface area contributed by atoms with E-state index in [1.165, 1.54) is 10.7 Å². The van der Waals surface area contributed by atoms with Crippen LogP contribution in [0.2, 0.25) is 0 Å². The zero-order valence-corrected chi connectivity index (χ0v) is 14.8. The van der Waals surface area contributed by atoms with Crippen LogP contribution in [-0.4, -0.2) is 61.1 Å². The van der Waals surface area contributed by atoms with E-state index in [-0.39, 0.29) is 18.0 Å². The molecular formula is C18H21N3O5. The Balaban J connectivity index is 1.88. The molecule has 1 amide bonds. The van der Waals surface area contributed by atoms with Crippen LogP contribution in [0.25, 0.3) is 11.3 Å². The first-order valence-electron chi connectivity index (χ1n) is 8.28. The first kappa shape index (κ1) is 17.9. The van der Waals surface area contributed by atoms with Crippen molar-refractivity contribution < 1.29 is 19.0 Å². The Kier molecular flexibility index (Phi) is 5.52. The average molecular weight is 359 g/mol. The fourth-order valence-corrected chi connectivity index (χ4v) is 2.76. The first-order chi connectivity index (χ1) is 12.6. The van der Waals surface area contributed by atoms with Gasteiger partial charge in [-0.1, -0.05) is 0 Å². The zero-order chi connectivity index (χ0) is 18.5. The number of ether oxygens (including phenoxy) is 3. The minimum atomic E-state index is -0.331. The van der Waals surface area contributed by atoms with Gasteiger partial charge in [0.15, 0.2) is 0 Å². The lowest BCUT2D eigenvalue weighted by molar-refractivity contribution is -0.136. The number of amides is 1. The number of hydrogen-bond acceptors (Lipinski definition) is 6. The van der Waals surface area contributed by atoms with E-state index in [4.69, 9.17) is 14.2 Å². The molecule has 1 saturated heterocycles. The summed E-state index contributed by atoms with van der Waals surface area (Å²) in [5.41, 5.74) is 0.919. The van der Waals surface area contributed by atoms with Crippen molar-refractivity contribution in [3.63, 3.8) is 0 Å². The Morgan fingerprint density at radius 3 is 2.62 bits per heavy atom. The van der Waals surface area contributed by atoms with Crippen LogP contribution < -0.4 is 15.0 Å². The molecule has 8 heteroatoms. The molecule has 0 radical (unpaired) electrons. The third-order valence-electron chi connectivity index (χ3n) is 4.20. The van der Waals surface area contributed by atoms with Crippen molar-refractivity contribution in [2.24, 2.45) is 0 Å². The second-order valence-corrected chi connectivity index (χ2v) is 5.77. The molecule has 26 heavy (non-hydrogen) atoms. The van der Waals surface area contributed by atoms with Crippen molar-refractivity contribution >= 4 is 5.91 Å². The monoisotopic (exact) mass is 359 g/mol. The van der Waals surface area contributed by atoms with Gasteiger partial charge in [-0.25, -0.2) is 4.68 Å². The van der Waals surface area contributed by atoms with Crippen molar-refractivity contribution in [2.45, 2.75) is 6.54 Å². The van der Waals surface area contributed by atoms with Gasteiger partial charge in [-0.15, -0.1) is 0 Å². The first-order valence-corrected chi connectivity index (χ1v) is 8.28. The topological polar surface area (TPSA) is 82.9 Å². The lowest BCUT2D eigenvalue weighted by atomic mass is 10.1. The van der Waals surface area contributed by atoms with Crippen LogP contribution in [-0.2, 0) is 16.1 Å². The summed E-state index contributed by atoms with van der Waals surface area (Å²) >= 11 is 0. The predicted molar refractivity (Wildman–Crippen MR) is 94.4 cm³/mol. The maximum absolute atomic E-state index is 12.4. The Labute approximate surface area is 150 Å². The molecule has 2 heterocycles. The van der Waals surface area contributed by atoms with Crippen LogP contribution in [0.5, 0.6) is 11.5 Å². The van der Waals surface area contributed by atoms with Crippen LogP contribution in [0.1, 0.15) is 0 Å². The van der Waals surface area contributed by atoms with Gasteiger partial charge >= 0.3 is 0 Å². The Morgan fingerprint density at radius 2 is 1.92 bits per heavy atom. The molecule has 2 aromatic rings. The summed E-state index contributed by atoms with van der Waals surface area (Å²) in [6, 6.07) is 8.35. The van der Waals surface area contributed by atoms with Gasteiger partial charge in [-0.3, -0.25) is 9.59 Å². The van der Waals surface area contributed by atoms with Gasteiger partial charge in [0, 0.05) is 30.8 Å². The van der Waals surface area contributed by atoms with E-state index < -0.39 is 0 Å². The number of methoxy groups -OCH3 is 2. The normalized spacial score (nSPS) is 14.2. The molecule has 0 atom stereocenters. The van der Waals surface area contributed by atoms with Crippen LogP contribution in [0.4, 0.5) is 0 Å². The van der Waals surface area contributed by atoms with E-state index >= 15 is 0 Å². The number of benzene rings is 1. The summed E-state index contributed by atoms with van der Waals surface area (Å²) in [6.45, 7) is 1.97. The molecular weight excluding hydrogens is 338 g/mol. The molecule has 138 valence electrons. The Morgan fingerprint density at radius 1 is 1.15 bits per heavy atom. The second kappa shape index (κ2) is 8.01. The Bertz CT molecular complexity index is 843. The van der Waals surface area contributed by atoms with Crippen molar-refractivity contribution in [2.75, 3.05) is 40.5 Å². The van der Waals surface area contributed by atoms with Gasteiger partial charge in [0.25, 0.3) is 5.56 Å². The highest BCUT2D eigenvalue weighted by atomic mass is 16.5. The van der Waals surface area contributed by atoms with Crippen LogP contribution >= 0.6 is 0 Å². The fourth-order valence-electron chi connectivity index (χ4n) is 2.76. The number of carbonyl (C=O) groups excluding carboxylic acids is 1. The Hall–Kier alpha value is -2.87. The number of aromatic nitrogens is 2. The lowest BCUT2D eigenvalue weighted by Gasteiger charge is -2.26. The second-order valence-electron chi connectivity index (χ2n) is 5.77. The highest BCUT2D eigenvalue weighted by Gasteiger charge is 2.18. The summed E-state index contributed by atoms with van der Waals surface area (Å²) in [6.07, 6.45) is 0. The van der Waals surface area contributed by atoms with Crippen LogP contribution in [0, 0.1) is 0 Å². The molecule has 0 aliphatic carbocycles. The van der Waals surface area contributed by atoms with Gasteiger partial charge in [0.1, 0.15) is 18.0 Å². The highest BCUT2D eigenvalue weighted by Crippen LogP contribution is 2.31. The zero-order valence-electron chi connectivity index (χ0n) is 14.8. The van der Waals surface area contributed by atoms with Gasteiger partial charge in [-0.2, -0.15) is 5.10 Å². The maximum atomic E-state index is 12.4. The van der Waals surface area contributed by atoms with E-state index in [0.29, 0.717) is 49.1 Å². The van der Waals surface area contributed by atoms with E-state index in [9.17, 15) is 9.59 Å². The molecule has 0 unspecified atom stereocenters. The molecule has 0 N–H and O–H groups in total. The third-order valence-corrected chi connectivity index (χ3v) is 4.20. The van der Waals surface area contributed by atoms with Crippen LogP contribution in [0.3, 0.4) is 0 Å². The average Bonchev–Trinajstić information content (AvgIpc) is 2.69. The molecule has 1 aromatic carbocycles. The van der Waals surface area contributed by atoms with Crippen molar-refractivity contribution in [1.29, 1.82) is 0 Å². The molecule has 1 aliphatic rings. The summed E-state index contributed by atoms with van der Waals surface area (Å²) in [5.74, 6) is 1.07. The molecule has 1 fully saturated rings. The van der Waals surface area contributed by atoms with Crippen LogP contribution in [0.15, 0.2) is 35.1 Å². The van der Waals surface area contributed by atoms with E-state index in [2.05, 4.69) is 5.10 Å². The summed E-state index contributed by atoms with van der Waals surface area (Å²) in [5, 5.41) is 4.35. The lowest BCUT2D eigenvalue weighted by Crippen LogP contribution is -2.43. The molecule has 0 spiro atoms. The van der Waals surface area contributed by atoms with E-state index in [0.717, 1.165) is 0 Å². The van der Waals surface area contributed by atoms with Gasteiger partial charge in [0.2, 0.25) is 5.91 Å². The largest absolute Gasteiger partial charge is 0.497 e. The molecule has 8 nitrogen and oxygen atoms in total. The molecule has 1 aliphatic heterocycles. The predicted octanol–water partition coefficient (Wildman–Crippen LogP) is 0.786. The quantitative estimate of drug-likeness (QED) is 0.785. The van der Waals surface area contributed by atoms with E-state index in [1.54, 1.807) is 43.4 Å². The molecule has 3 rings (SSSR count). The molecule has 0 bridgehead atoms. The fraction of sp³-hybridized carbons (Fsp3) is 0.389. The van der Waals surface area contributed by atoms with Gasteiger partial charge < -0.3 is 19.1 Å². The van der Waals surface area contributed by atoms with Crippen molar-refractivity contribution in [3.05, 3.63) is 40.7 Å². The van der Waals surface area contributed by atoms with Crippen molar-refractivity contribution in [1.82, 2.24) is 14.7 Å². The summed E-state index contributed by atoms with van der Waals surface area (Å²) < 4.78 is 17.0. The third kappa shape index (κ3) is 3.85. The smallest absolute Gasteiger partial charge is 0.267 e. The molecule has 0 saturated carbocycles. The summed E-state index contributed by atoms with van der Waals surface area (Å²) in [4.78, 5) is 26.2. The van der Waals surface area contributed by atoms with Crippen molar-refractivity contribution in [3.8, 4) is 22.8 Å². The standard InChI is InChI=1S/C18H21N3O5/c1-24-13-3-4-14(16(11-13)25-2)15-5-6-17(22)21(19-15)12-18(23)20-7-9-26-10-8-20/h3-6,11H,7-10,12H2,1-2H3. The SMILES string of the molecule is COc1ccc(-c2ccc(=O)n(CC(=O)N3CCOCC3)n2)c(OC)c1. The van der Waals surface area contributed by atoms with Gasteiger partial charge in [-0.05, 0) is 18.2 Å². The summed E-state index contributed by atoms with van der Waals surface area (Å²) in [7, 11) is 3.13. The highest BCUT2D eigenvalue weighted by molar-refractivity contribution is 5.76. The number of carbonyl (C=O) groups is 1. The molecule has 1 aromatic heterocycles. The number of morpholine rings is 1.